The summed E-state index contributed by atoms with van der Waals surface area (Å²) in [5.74, 6) is 2.89. The van der Waals surface area contributed by atoms with Crippen LogP contribution in [0.15, 0.2) is 146 Å². The van der Waals surface area contributed by atoms with Crippen LogP contribution in [0, 0.1) is 0 Å². The minimum Gasteiger partial charge on any atom is -0.497 e. The van der Waals surface area contributed by atoms with E-state index in [1.807, 2.05) is 0 Å². The molecule has 8 heteroatoms. The van der Waals surface area contributed by atoms with Gasteiger partial charge in [0.25, 0.3) is 0 Å². The Hall–Kier alpha value is -5.96. The van der Waals surface area contributed by atoms with Crippen LogP contribution in [0.25, 0.3) is 0 Å². The zero-order chi connectivity index (χ0) is 43.7. The zero-order valence-electron chi connectivity index (χ0n) is 38.1. The summed E-state index contributed by atoms with van der Waals surface area (Å²) < 4.78 is 17.6. The van der Waals surface area contributed by atoms with Crippen molar-refractivity contribution in [1.29, 1.82) is 0 Å². The lowest BCUT2D eigenvalue weighted by Crippen LogP contribution is -2.39. The highest BCUT2D eigenvalue weighted by atomic mass is 16.5. The number of hydrogen-bond donors (Lipinski definition) is 0. The van der Waals surface area contributed by atoms with Crippen LogP contribution < -0.4 is 28.9 Å². The van der Waals surface area contributed by atoms with Crippen LogP contribution in [0.4, 0.5) is 28.4 Å². The second kappa shape index (κ2) is 20.7. The standard InChI is InChI=1S/C28H33N3O.C28H32N2O2/c1-29(2)24-15-13-22(14-16-24)17-19-30-18-7-9-25(30)20-31-26-10-4-3-8-23(26)21-32-28-12-6-5-11-27(28)31;1-31-25-16-14-22(15-17-25)8-6-18-29-19-7-10-24(29)20-30-26-11-3-2-9-23(26)21-32-28-13-5-4-12-27(28)30/h3-6,8,10-16,25H,7,9,17-21H2,1-2H3;2-5,9,11-17,24H,6-8,10,18-21H2,1H3/t25-;24-/m11/s1. The lowest BCUT2D eigenvalue weighted by molar-refractivity contribution is 0.255. The first-order valence-electron chi connectivity index (χ1n) is 23.5. The molecule has 8 nitrogen and oxygen atoms in total. The van der Waals surface area contributed by atoms with E-state index in [0.717, 1.165) is 56.3 Å². The number of hydrogen-bond acceptors (Lipinski definition) is 8. The van der Waals surface area contributed by atoms with Crippen molar-refractivity contribution in [3.8, 4) is 17.2 Å². The largest absolute Gasteiger partial charge is 0.497 e. The Labute approximate surface area is 381 Å². The smallest absolute Gasteiger partial charge is 0.143 e. The maximum atomic E-state index is 6.17. The first kappa shape index (κ1) is 43.3. The van der Waals surface area contributed by atoms with Gasteiger partial charge in [0.1, 0.15) is 30.5 Å². The quantitative estimate of drug-likeness (QED) is 0.114. The van der Waals surface area contributed by atoms with Gasteiger partial charge in [0.15, 0.2) is 0 Å². The van der Waals surface area contributed by atoms with Crippen LogP contribution in [-0.2, 0) is 26.1 Å². The monoisotopic (exact) mass is 856 g/mol. The molecule has 4 heterocycles. The fraction of sp³-hybridized carbons (Fsp3) is 0.357. The predicted molar refractivity (Wildman–Crippen MR) is 263 cm³/mol. The molecule has 0 bridgehead atoms. The Balaban J connectivity index is 0.000000162. The number of aryl methyl sites for hydroxylation is 1. The number of nitrogens with zero attached hydrogens (tertiary/aromatic N) is 5. The highest BCUT2D eigenvalue weighted by molar-refractivity contribution is 5.74. The summed E-state index contributed by atoms with van der Waals surface area (Å²) >= 11 is 0. The SMILES string of the molecule is CN(C)c1ccc(CCN2CCC[C@@H]2CN2c3ccccc3COc3ccccc32)cc1.COc1ccc(CCCN2CCC[C@@H]2CN2c3ccccc3COc3ccccc32)cc1. The zero-order valence-corrected chi connectivity index (χ0v) is 38.1. The summed E-state index contributed by atoms with van der Waals surface area (Å²) in [6.07, 6.45) is 8.44. The normalized spacial score (nSPS) is 17.9. The van der Waals surface area contributed by atoms with Crippen molar-refractivity contribution in [1.82, 2.24) is 9.80 Å². The van der Waals surface area contributed by atoms with Crippen LogP contribution >= 0.6 is 0 Å². The van der Waals surface area contributed by atoms with E-state index in [-0.39, 0.29) is 0 Å². The van der Waals surface area contributed by atoms with Crippen molar-refractivity contribution < 1.29 is 14.2 Å². The van der Waals surface area contributed by atoms with Crippen LogP contribution in [0.3, 0.4) is 0 Å². The molecule has 0 N–H and O–H groups in total. The molecule has 0 spiro atoms. The first-order valence-corrected chi connectivity index (χ1v) is 23.5. The van der Waals surface area contributed by atoms with Crippen LogP contribution in [0.1, 0.15) is 54.4 Å². The van der Waals surface area contributed by atoms with Gasteiger partial charge < -0.3 is 28.9 Å². The number of anilines is 5. The third-order valence-electron chi connectivity index (χ3n) is 13.6. The number of benzene rings is 6. The van der Waals surface area contributed by atoms with E-state index >= 15 is 0 Å². The summed E-state index contributed by atoms with van der Waals surface area (Å²) in [4.78, 5) is 12.5. The van der Waals surface area contributed by atoms with Gasteiger partial charge in [0.2, 0.25) is 0 Å². The molecule has 4 aliphatic rings. The molecule has 10 rings (SSSR count). The van der Waals surface area contributed by atoms with E-state index in [1.54, 1.807) is 7.11 Å². The van der Waals surface area contributed by atoms with E-state index < -0.39 is 0 Å². The number of methoxy groups -OCH3 is 1. The van der Waals surface area contributed by atoms with Crippen molar-refractivity contribution in [2.24, 2.45) is 0 Å². The van der Waals surface area contributed by atoms with Gasteiger partial charge in [0.05, 0.1) is 18.5 Å². The molecule has 2 atom stereocenters. The molecule has 2 fully saturated rings. The summed E-state index contributed by atoms with van der Waals surface area (Å²) in [6, 6.07) is 52.9. The summed E-state index contributed by atoms with van der Waals surface area (Å²) in [7, 11) is 5.90. The van der Waals surface area contributed by atoms with Crippen molar-refractivity contribution in [2.45, 2.75) is 70.2 Å². The number of ether oxygens (including phenoxy) is 3. The number of fused-ring (bicyclic) bond motifs is 4. The average Bonchev–Trinajstić information content (AvgIpc) is 3.92. The number of rotatable bonds is 13. The Bertz CT molecular complexity index is 2320. The van der Waals surface area contributed by atoms with Gasteiger partial charge in [-0.1, -0.05) is 84.9 Å². The molecular formula is C56H65N5O3. The fourth-order valence-corrected chi connectivity index (χ4v) is 10.1. The van der Waals surface area contributed by atoms with Crippen LogP contribution in [0.2, 0.25) is 0 Å². The number of para-hydroxylation sites is 6. The lowest BCUT2D eigenvalue weighted by Gasteiger charge is -2.32. The average molecular weight is 856 g/mol. The maximum Gasteiger partial charge on any atom is 0.143 e. The lowest BCUT2D eigenvalue weighted by atomic mass is 10.1. The maximum absolute atomic E-state index is 6.17. The van der Waals surface area contributed by atoms with Crippen LogP contribution in [0.5, 0.6) is 17.2 Å². The first-order chi connectivity index (χ1) is 31.5. The molecule has 0 saturated carbocycles. The molecule has 6 aromatic carbocycles. The molecule has 0 aromatic heterocycles. The highest BCUT2D eigenvalue weighted by Crippen LogP contribution is 2.42. The molecule has 6 aromatic rings. The molecule has 0 aliphatic carbocycles. The van der Waals surface area contributed by atoms with Crippen LogP contribution in [-0.4, -0.2) is 82.4 Å². The molecule has 0 amide bonds. The van der Waals surface area contributed by atoms with Gasteiger partial charge in [-0.2, -0.15) is 0 Å². The van der Waals surface area contributed by atoms with Crippen molar-refractivity contribution in [2.75, 3.05) is 75.2 Å². The predicted octanol–water partition coefficient (Wildman–Crippen LogP) is 11.3. The third kappa shape index (κ3) is 10.2. The van der Waals surface area contributed by atoms with E-state index in [1.165, 1.54) is 95.9 Å². The molecule has 2 saturated heterocycles. The molecule has 0 radical (unpaired) electrons. The van der Waals surface area contributed by atoms with Gasteiger partial charge in [-0.05, 0) is 136 Å². The topological polar surface area (TPSA) is 43.9 Å². The van der Waals surface area contributed by atoms with Gasteiger partial charge in [-0.15, -0.1) is 0 Å². The van der Waals surface area contributed by atoms with Gasteiger partial charge in [-0.25, -0.2) is 0 Å². The minimum atomic E-state index is 0.551. The minimum absolute atomic E-state index is 0.551. The fourth-order valence-electron chi connectivity index (χ4n) is 10.1. The van der Waals surface area contributed by atoms with Crippen molar-refractivity contribution in [3.63, 3.8) is 0 Å². The molecular weight excluding hydrogens is 791 g/mol. The van der Waals surface area contributed by atoms with E-state index in [4.69, 9.17) is 14.2 Å². The molecule has 0 unspecified atom stereocenters. The Kier molecular flexibility index (Phi) is 14.0. The van der Waals surface area contributed by atoms with Crippen molar-refractivity contribution >= 4 is 28.4 Å². The second-order valence-electron chi connectivity index (χ2n) is 17.9. The van der Waals surface area contributed by atoms with Crippen molar-refractivity contribution in [3.05, 3.63) is 168 Å². The van der Waals surface area contributed by atoms with Gasteiger partial charge in [-0.3, -0.25) is 9.80 Å². The Morgan fingerprint density at radius 1 is 0.531 bits per heavy atom. The Morgan fingerprint density at radius 2 is 1.00 bits per heavy atom. The van der Waals surface area contributed by atoms with E-state index in [2.05, 4.69) is 184 Å². The van der Waals surface area contributed by atoms with E-state index in [9.17, 15) is 0 Å². The summed E-state index contributed by atoms with van der Waals surface area (Å²) in [6.45, 7) is 7.89. The number of likely N-dealkylation sites (tertiary alicyclic amines) is 2. The molecule has 64 heavy (non-hydrogen) atoms. The summed E-state index contributed by atoms with van der Waals surface area (Å²) in [5, 5.41) is 0. The Morgan fingerprint density at radius 3 is 1.53 bits per heavy atom. The van der Waals surface area contributed by atoms with E-state index in [0.29, 0.717) is 25.3 Å². The second-order valence-corrected chi connectivity index (χ2v) is 17.9. The molecule has 4 aliphatic heterocycles. The van der Waals surface area contributed by atoms with Gasteiger partial charge in [0, 0.05) is 74.0 Å². The van der Waals surface area contributed by atoms with Gasteiger partial charge >= 0.3 is 0 Å². The third-order valence-corrected chi connectivity index (χ3v) is 13.6. The molecule has 332 valence electrons. The summed E-state index contributed by atoms with van der Waals surface area (Å²) in [5.41, 5.74) is 11.5. The highest BCUT2D eigenvalue weighted by Gasteiger charge is 2.31.